The Hall–Kier alpha value is -3.80. The second-order valence-electron chi connectivity index (χ2n) is 9.29. The summed E-state index contributed by atoms with van der Waals surface area (Å²) in [6, 6.07) is 10.1. The van der Waals surface area contributed by atoms with Crippen LogP contribution in [0.1, 0.15) is 43.0 Å². The van der Waals surface area contributed by atoms with Crippen LogP contribution >= 0.6 is 0 Å². The number of rotatable bonds is 2. The summed E-state index contributed by atoms with van der Waals surface area (Å²) in [5.41, 5.74) is 4.95. The van der Waals surface area contributed by atoms with E-state index in [2.05, 4.69) is 25.2 Å². The molecule has 0 fully saturated rings. The molecule has 0 radical (unpaired) electrons. The Morgan fingerprint density at radius 2 is 1.74 bits per heavy atom. The number of ether oxygens (including phenoxy) is 2. The largest absolute Gasteiger partial charge is 0.504 e. The van der Waals surface area contributed by atoms with Crippen molar-refractivity contribution in [3.05, 3.63) is 76.4 Å². The first-order valence-corrected chi connectivity index (χ1v) is 11.0. The lowest BCUT2D eigenvalue weighted by molar-refractivity contribution is 0.371. The van der Waals surface area contributed by atoms with Crippen LogP contribution < -0.4 is 14.8 Å². The van der Waals surface area contributed by atoms with Crippen molar-refractivity contribution in [3.8, 4) is 28.4 Å². The molecule has 5 rings (SSSR count). The van der Waals surface area contributed by atoms with E-state index in [1.807, 2.05) is 19.1 Å². The minimum atomic E-state index is -0.928. The Morgan fingerprint density at radius 3 is 2.47 bits per heavy atom. The molecule has 3 aromatic carbocycles. The smallest absolute Gasteiger partial charge is 0.172 e. The molecule has 4 nitrogen and oxygen atoms in total. The van der Waals surface area contributed by atoms with E-state index < -0.39 is 11.6 Å². The van der Waals surface area contributed by atoms with E-state index in [1.54, 1.807) is 12.1 Å². The van der Waals surface area contributed by atoms with Gasteiger partial charge in [0.05, 0.1) is 18.2 Å². The van der Waals surface area contributed by atoms with Crippen LogP contribution in [-0.2, 0) is 0 Å². The van der Waals surface area contributed by atoms with Crippen LogP contribution in [0.4, 0.5) is 14.5 Å². The zero-order valence-electron chi connectivity index (χ0n) is 19.6. The van der Waals surface area contributed by atoms with Gasteiger partial charge < -0.3 is 19.9 Å². The highest BCUT2D eigenvalue weighted by Gasteiger charge is 2.33. The minimum absolute atomic E-state index is 0.0147. The third-order valence-corrected chi connectivity index (χ3v) is 6.26. The van der Waals surface area contributed by atoms with Crippen molar-refractivity contribution in [2.45, 2.75) is 33.2 Å². The van der Waals surface area contributed by atoms with Gasteiger partial charge in [-0.25, -0.2) is 8.78 Å². The molecule has 6 heteroatoms. The van der Waals surface area contributed by atoms with Crippen LogP contribution in [0.25, 0.3) is 28.5 Å². The van der Waals surface area contributed by atoms with E-state index in [-0.39, 0.29) is 28.2 Å². The van der Waals surface area contributed by atoms with E-state index in [1.165, 1.54) is 32.2 Å². The topological polar surface area (TPSA) is 50.7 Å². The summed E-state index contributed by atoms with van der Waals surface area (Å²) in [6.07, 6.45) is 3.64. The molecule has 0 aliphatic carbocycles. The number of phenolic OH excluding ortho intramolecular Hbond substituents is 1. The standard InChI is InChI=1S/C28H25F2NO3/c1-14-6-7-16(26(30)25(14)29)12-21-23-17(24-20(34-21)11-10-19(32)27(24)33-5)8-9-18-22(23)15(2)13-28(3,4)31-18/h6-13,31-32H,1-5H3. The number of fused-ring (bicyclic) bond motifs is 5. The first kappa shape index (κ1) is 22.0. The van der Waals surface area contributed by atoms with Crippen LogP contribution in [-0.4, -0.2) is 17.8 Å². The average Bonchev–Trinajstić information content (AvgIpc) is 2.78. The molecule has 34 heavy (non-hydrogen) atoms. The van der Waals surface area contributed by atoms with Crippen LogP contribution in [0, 0.1) is 18.6 Å². The van der Waals surface area contributed by atoms with E-state index in [0.717, 1.165) is 22.4 Å². The van der Waals surface area contributed by atoms with Crippen LogP contribution in [0.3, 0.4) is 0 Å². The lowest BCUT2D eigenvalue weighted by Gasteiger charge is -2.35. The molecule has 0 unspecified atom stereocenters. The Kier molecular flexibility index (Phi) is 4.93. The van der Waals surface area contributed by atoms with Crippen LogP contribution in [0.15, 0.2) is 42.5 Å². The molecule has 0 spiro atoms. The molecule has 0 saturated heterocycles. The molecule has 0 bridgehead atoms. The molecule has 0 atom stereocenters. The van der Waals surface area contributed by atoms with Gasteiger partial charge in [0.1, 0.15) is 11.5 Å². The fraction of sp³-hybridized carbons (Fsp3) is 0.214. The molecule has 2 aliphatic rings. The number of methoxy groups -OCH3 is 1. The monoisotopic (exact) mass is 461 g/mol. The lowest BCUT2D eigenvalue weighted by atomic mass is 9.82. The molecule has 3 aromatic rings. The molecule has 2 heterocycles. The van der Waals surface area contributed by atoms with E-state index in [4.69, 9.17) is 9.47 Å². The molecule has 0 aromatic heterocycles. The number of anilines is 1. The third kappa shape index (κ3) is 3.33. The molecule has 2 N–H and O–H groups in total. The molecular formula is C28H25F2NO3. The van der Waals surface area contributed by atoms with E-state index >= 15 is 0 Å². The van der Waals surface area contributed by atoms with Gasteiger partial charge in [-0.05, 0) is 63.1 Å². The zero-order valence-corrected chi connectivity index (χ0v) is 19.6. The summed E-state index contributed by atoms with van der Waals surface area (Å²) in [7, 11) is 1.48. The summed E-state index contributed by atoms with van der Waals surface area (Å²) >= 11 is 0. The fourth-order valence-corrected chi connectivity index (χ4v) is 4.86. The van der Waals surface area contributed by atoms with Gasteiger partial charge in [0.2, 0.25) is 0 Å². The number of aryl methyl sites for hydroxylation is 1. The molecule has 0 amide bonds. The van der Waals surface area contributed by atoms with Crippen molar-refractivity contribution in [1.82, 2.24) is 0 Å². The van der Waals surface area contributed by atoms with Gasteiger partial charge in [-0.15, -0.1) is 0 Å². The second-order valence-corrected chi connectivity index (χ2v) is 9.29. The number of phenols is 1. The molecule has 0 saturated carbocycles. The van der Waals surface area contributed by atoms with Gasteiger partial charge >= 0.3 is 0 Å². The van der Waals surface area contributed by atoms with E-state index in [0.29, 0.717) is 22.6 Å². The quantitative estimate of drug-likeness (QED) is 0.425. The maximum Gasteiger partial charge on any atom is 0.172 e. The Bertz CT molecular complexity index is 1420. The maximum atomic E-state index is 14.8. The molecule has 174 valence electrons. The van der Waals surface area contributed by atoms with Crippen molar-refractivity contribution in [2.24, 2.45) is 0 Å². The van der Waals surface area contributed by atoms with Gasteiger partial charge in [-0.1, -0.05) is 24.3 Å². The van der Waals surface area contributed by atoms with Crippen molar-refractivity contribution in [3.63, 3.8) is 0 Å². The fourth-order valence-electron chi connectivity index (χ4n) is 4.86. The summed E-state index contributed by atoms with van der Waals surface area (Å²) in [5.74, 6) is -0.708. The number of hydrogen-bond acceptors (Lipinski definition) is 4. The van der Waals surface area contributed by atoms with Gasteiger partial charge in [0, 0.05) is 27.9 Å². The summed E-state index contributed by atoms with van der Waals surface area (Å²) in [4.78, 5) is 0. The van der Waals surface area contributed by atoms with Gasteiger partial charge in [0.15, 0.2) is 23.1 Å². The van der Waals surface area contributed by atoms with Gasteiger partial charge in [-0.2, -0.15) is 0 Å². The summed E-state index contributed by atoms with van der Waals surface area (Å²) in [6.45, 7) is 7.69. The average molecular weight is 462 g/mol. The maximum absolute atomic E-state index is 14.8. The Morgan fingerprint density at radius 1 is 0.971 bits per heavy atom. The number of halogens is 2. The summed E-state index contributed by atoms with van der Waals surface area (Å²) < 4.78 is 41.0. The number of allylic oxidation sites excluding steroid dienone is 1. The number of nitrogens with one attached hydrogen (secondary N) is 1. The first-order chi connectivity index (χ1) is 16.1. The number of aromatic hydroxyl groups is 1. The predicted octanol–water partition coefficient (Wildman–Crippen LogP) is 7.15. The Labute approximate surface area is 197 Å². The molecular weight excluding hydrogens is 436 g/mol. The summed E-state index contributed by atoms with van der Waals surface area (Å²) in [5, 5.41) is 14.0. The normalized spacial score (nSPS) is 16.6. The van der Waals surface area contributed by atoms with Gasteiger partial charge in [0.25, 0.3) is 0 Å². The first-order valence-electron chi connectivity index (χ1n) is 11.0. The van der Waals surface area contributed by atoms with Crippen molar-refractivity contribution in [2.75, 3.05) is 12.4 Å². The second kappa shape index (κ2) is 7.62. The van der Waals surface area contributed by atoms with E-state index in [9.17, 15) is 13.9 Å². The van der Waals surface area contributed by atoms with Crippen LogP contribution in [0.2, 0.25) is 0 Å². The highest BCUT2D eigenvalue weighted by Crippen LogP contribution is 2.54. The van der Waals surface area contributed by atoms with Crippen LogP contribution in [0.5, 0.6) is 17.2 Å². The lowest BCUT2D eigenvalue weighted by Crippen LogP contribution is -2.32. The van der Waals surface area contributed by atoms with Crippen molar-refractivity contribution < 1.29 is 23.4 Å². The van der Waals surface area contributed by atoms with Crippen molar-refractivity contribution in [1.29, 1.82) is 0 Å². The van der Waals surface area contributed by atoms with Gasteiger partial charge in [-0.3, -0.25) is 0 Å². The SMILES string of the molecule is COc1c(O)ccc2c1-c1ccc3c(c1C(=Cc1ccc(C)c(F)c1F)O2)C(C)=CC(C)(C)N3. The Balaban J connectivity index is 1.85. The zero-order chi connectivity index (χ0) is 24.4. The highest BCUT2D eigenvalue weighted by molar-refractivity contribution is 6.02. The highest BCUT2D eigenvalue weighted by atomic mass is 19.2. The number of hydrogen-bond donors (Lipinski definition) is 2. The molecule has 2 aliphatic heterocycles. The number of benzene rings is 3. The third-order valence-electron chi connectivity index (χ3n) is 6.26. The minimum Gasteiger partial charge on any atom is -0.504 e. The van der Waals surface area contributed by atoms with Crippen molar-refractivity contribution >= 4 is 23.1 Å². The predicted molar refractivity (Wildman–Crippen MR) is 131 cm³/mol.